The van der Waals surface area contributed by atoms with E-state index in [2.05, 4.69) is 16.5 Å². The Morgan fingerprint density at radius 1 is 1.45 bits per heavy atom. The van der Waals surface area contributed by atoms with Gasteiger partial charge in [-0.15, -0.1) is 0 Å². The van der Waals surface area contributed by atoms with Crippen molar-refractivity contribution in [2.75, 3.05) is 19.0 Å². The molecule has 0 saturated heterocycles. The number of methoxy groups -OCH3 is 1. The predicted octanol–water partition coefficient (Wildman–Crippen LogP) is 2.97. The Morgan fingerprint density at radius 3 is 2.70 bits per heavy atom. The number of aryl methyl sites for hydroxylation is 1. The Kier molecular flexibility index (Phi) is 5.67. The van der Waals surface area contributed by atoms with Gasteiger partial charge in [-0.1, -0.05) is 19.0 Å². The molecule has 0 aliphatic rings. The molecule has 0 saturated carbocycles. The molecule has 5 heteroatoms. The zero-order valence-corrected chi connectivity index (χ0v) is 12.7. The quantitative estimate of drug-likeness (QED) is 0.236. The molecule has 112 valence electrons. The third-order valence-corrected chi connectivity index (χ3v) is 3.50. The van der Waals surface area contributed by atoms with E-state index >= 15 is 0 Å². The van der Waals surface area contributed by atoms with Crippen molar-refractivity contribution in [3.05, 3.63) is 23.8 Å². The first-order chi connectivity index (χ1) is 9.40. The lowest BCUT2D eigenvalue weighted by Crippen LogP contribution is -2.32. The maximum absolute atomic E-state index is 8.72. The second kappa shape index (κ2) is 7.03. The van der Waals surface area contributed by atoms with Crippen LogP contribution >= 0.6 is 0 Å². The molecule has 0 aliphatic heterocycles. The highest BCUT2D eigenvalue weighted by Crippen LogP contribution is 2.24. The van der Waals surface area contributed by atoms with E-state index in [4.69, 9.17) is 15.7 Å². The van der Waals surface area contributed by atoms with Gasteiger partial charge in [0.2, 0.25) is 0 Å². The van der Waals surface area contributed by atoms with Gasteiger partial charge in [0.15, 0.2) is 0 Å². The van der Waals surface area contributed by atoms with Crippen LogP contribution in [0.2, 0.25) is 0 Å². The molecule has 1 aromatic carbocycles. The van der Waals surface area contributed by atoms with Crippen molar-refractivity contribution in [1.29, 1.82) is 0 Å². The van der Waals surface area contributed by atoms with Crippen molar-refractivity contribution < 1.29 is 9.94 Å². The first-order valence-electron chi connectivity index (χ1n) is 6.77. The molecular formula is C15H25N3O2. The molecular weight excluding hydrogens is 254 g/mol. The standard InChI is InChI=1S/C15H25N3O2/c1-11-10-12(6-7-13(11)20-4)17-9-5-8-15(2,3)14(16)18-19/h6-7,10,17,19H,5,8-9H2,1-4H3,(H2,16,18). The average Bonchev–Trinajstić information content (AvgIpc) is 2.42. The zero-order chi connectivity index (χ0) is 15.2. The van der Waals surface area contributed by atoms with E-state index in [1.807, 2.05) is 32.9 Å². The molecule has 0 heterocycles. The summed E-state index contributed by atoms with van der Waals surface area (Å²) in [6, 6.07) is 6.02. The van der Waals surface area contributed by atoms with Crippen molar-refractivity contribution in [3.8, 4) is 5.75 Å². The van der Waals surface area contributed by atoms with Gasteiger partial charge in [0.25, 0.3) is 0 Å². The maximum atomic E-state index is 8.72. The molecule has 0 fully saturated rings. The van der Waals surface area contributed by atoms with E-state index in [1.54, 1.807) is 7.11 Å². The number of benzene rings is 1. The summed E-state index contributed by atoms with van der Waals surface area (Å²) in [5.41, 5.74) is 7.56. The van der Waals surface area contributed by atoms with Crippen molar-refractivity contribution >= 4 is 11.5 Å². The van der Waals surface area contributed by atoms with Crippen molar-refractivity contribution in [3.63, 3.8) is 0 Å². The summed E-state index contributed by atoms with van der Waals surface area (Å²) in [6.45, 7) is 6.80. The highest BCUT2D eigenvalue weighted by atomic mass is 16.5. The van der Waals surface area contributed by atoms with Gasteiger partial charge in [-0.05, 0) is 43.5 Å². The summed E-state index contributed by atoms with van der Waals surface area (Å²) in [5, 5.41) is 15.2. The number of rotatable bonds is 7. The molecule has 0 unspecified atom stereocenters. The number of nitrogens with one attached hydrogen (secondary N) is 1. The normalized spacial score (nSPS) is 12.3. The molecule has 0 amide bonds. The van der Waals surface area contributed by atoms with E-state index in [9.17, 15) is 0 Å². The Balaban J connectivity index is 2.44. The second-order valence-corrected chi connectivity index (χ2v) is 5.58. The molecule has 0 aliphatic carbocycles. The van der Waals surface area contributed by atoms with Crippen LogP contribution < -0.4 is 15.8 Å². The Morgan fingerprint density at radius 2 is 2.15 bits per heavy atom. The lowest BCUT2D eigenvalue weighted by Gasteiger charge is -2.22. The van der Waals surface area contributed by atoms with Crippen molar-refractivity contribution in [1.82, 2.24) is 0 Å². The van der Waals surface area contributed by atoms with Gasteiger partial charge in [0, 0.05) is 17.6 Å². The number of anilines is 1. The Hall–Kier alpha value is -1.91. The smallest absolute Gasteiger partial charge is 0.144 e. The fourth-order valence-electron chi connectivity index (χ4n) is 2.01. The summed E-state index contributed by atoms with van der Waals surface area (Å²) in [5.74, 6) is 1.17. The van der Waals surface area contributed by atoms with Gasteiger partial charge in [0.05, 0.1) is 7.11 Å². The van der Waals surface area contributed by atoms with E-state index in [1.165, 1.54) is 0 Å². The molecule has 4 N–H and O–H groups in total. The summed E-state index contributed by atoms with van der Waals surface area (Å²) < 4.78 is 5.23. The van der Waals surface area contributed by atoms with Crippen LogP contribution in [0.1, 0.15) is 32.3 Å². The number of hydrogen-bond donors (Lipinski definition) is 3. The largest absolute Gasteiger partial charge is 0.496 e. The number of nitrogens with zero attached hydrogens (tertiary/aromatic N) is 1. The number of hydrogen-bond acceptors (Lipinski definition) is 4. The SMILES string of the molecule is COc1ccc(NCCCC(C)(C)C(N)=NO)cc1C. The van der Waals surface area contributed by atoms with Crippen LogP contribution in [-0.4, -0.2) is 24.7 Å². The van der Waals surface area contributed by atoms with Gasteiger partial charge in [-0.25, -0.2) is 0 Å². The number of amidine groups is 1. The first kappa shape index (κ1) is 16.1. The van der Waals surface area contributed by atoms with E-state index in [0.717, 1.165) is 36.4 Å². The van der Waals surface area contributed by atoms with Crippen LogP contribution in [0.3, 0.4) is 0 Å². The monoisotopic (exact) mass is 279 g/mol. The highest BCUT2D eigenvalue weighted by molar-refractivity contribution is 5.85. The summed E-state index contributed by atoms with van der Waals surface area (Å²) in [6.07, 6.45) is 1.79. The molecule has 20 heavy (non-hydrogen) atoms. The number of nitrogens with two attached hydrogens (primary N) is 1. The topological polar surface area (TPSA) is 79.9 Å². The molecule has 5 nitrogen and oxygen atoms in total. The Bertz CT molecular complexity index is 470. The molecule has 1 aromatic rings. The minimum atomic E-state index is -0.285. The van der Waals surface area contributed by atoms with Crippen LogP contribution in [0.5, 0.6) is 5.75 Å². The molecule has 0 aromatic heterocycles. The second-order valence-electron chi connectivity index (χ2n) is 5.58. The molecule has 0 bridgehead atoms. The van der Waals surface area contributed by atoms with Crippen molar-refractivity contribution in [2.24, 2.45) is 16.3 Å². The third-order valence-electron chi connectivity index (χ3n) is 3.50. The van der Waals surface area contributed by atoms with Crippen LogP contribution in [0.25, 0.3) is 0 Å². The van der Waals surface area contributed by atoms with E-state index in [-0.39, 0.29) is 11.3 Å². The predicted molar refractivity (Wildman–Crippen MR) is 82.6 cm³/mol. The minimum Gasteiger partial charge on any atom is -0.496 e. The van der Waals surface area contributed by atoms with Crippen molar-refractivity contribution in [2.45, 2.75) is 33.6 Å². The van der Waals surface area contributed by atoms with Crippen LogP contribution in [0, 0.1) is 12.3 Å². The average molecular weight is 279 g/mol. The molecule has 0 atom stereocenters. The maximum Gasteiger partial charge on any atom is 0.144 e. The van der Waals surface area contributed by atoms with Gasteiger partial charge in [-0.3, -0.25) is 0 Å². The Labute approximate surface area is 120 Å². The minimum absolute atomic E-state index is 0.276. The summed E-state index contributed by atoms with van der Waals surface area (Å²) in [7, 11) is 1.67. The van der Waals surface area contributed by atoms with E-state index < -0.39 is 0 Å². The van der Waals surface area contributed by atoms with Crippen LogP contribution in [0.15, 0.2) is 23.4 Å². The number of oxime groups is 1. The lowest BCUT2D eigenvalue weighted by molar-refractivity contribution is 0.305. The molecule has 0 spiro atoms. The third kappa shape index (κ3) is 4.33. The highest BCUT2D eigenvalue weighted by Gasteiger charge is 2.22. The molecule has 0 radical (unpaired) electrons. The van der Waals surface area contributed by atoms with Gasteiger partial charge < -0.3 is 21.0 Å². The number of ether oxygens (including phenoxy) is 1. The van der Waals surface area contributed by atoms with Crippen LogP contribution in [-0.2, 0) is 0 Å². The van der Waals surface area contributed by atoms with Gasteiger partial charge in [0.1, 0.15) is 11.6 Å². The van der Waals surface area contributed by atoms with E-state index in [0.29, 0.717) is 0 Å². The fourth-order valence-corrected chi connectivity index (χ4v) is 2.01. The zero-order valence-electron chi connectivity index (χ0n) is 12.7. The molecule has 1 rings (SSSR count). The summed E-state index contributed by atoms with van der Waals surface area (Å²) in [4.78, 5) is 0. The summed E-state index contributed by atoms with van der Waals surface area (Å²) >= 11 is 0. The van der Waals surface area contributed by atoms with Gasteiger partial charge in [-0.2, -0.15) is 0 Å². The first-order valence-corrected chi connectivity index (χ1v) is 6.77. The fraction of sp³-hybridized carbons (Fsp3) is 0.533. The van der Waals surface area contributed by atoms with Crippen LogP contribution in [0.4, 0.5) is 5.69 Å². The lowest BCUT2D eigenvalue weighted by atomic mass is 9.86. The van der Waals surface area contributed by atoms with Gasteiger partial charge >= 0.3 is 0 Å².